The van der Waals surface area contributed by atoms with Crippen LogP contribution in [0, 0.1) is 0 Å². The molecule has 2 heterocycles. The number of carbonyl (C=O) groups excluding carboxylic acids is 2. The van der Waals surface area contributed by atoms with Crippen molar-refractivity contribution in [2.45, 2.75) is 24.8 Å². The Hall–Kier alpha value is -3.35. The molecule has 0 bridgehead atoms. The van der Waals surface area contributed by atoms with Gasteiger partial charge in [0.2, 0.25) is 0 Å². The quantitative estimate of drug-likeness (QED) is 0.701. The second-order valence-electron chi connectivity index (χ2n) is 6.75. The van der Waals surface area contributed by atoms with Crippen molar-refractivity contribution in [2.24, 2.45) is 0 Å². The van der Waals surface area contributed by atoms with Crippen LogP contribution in [0.15, 0.2) is 55.1 Å². The van der Waals surface area contributed by atoms with Crippen LogP contribution >= 0.6 is 0 Å². The number of amides is 2. The Morgan fingerprint density at radius 3 is 2.70 bits per heavy atom. The van der Waals surface area contributed by atoms with Gasteiger partial charge in [-0.05, 0) is 43.5 Å². The maximum Gasteiger partial charge on any atom is 0.270 e. The largest absolute Gasteiger partial charge is 0.351 e. The highest BCUT2D eigenvalue weighted by Gasteiger charge is 2.43. The van der Waals surface area contributed by atoms with E-state index in [4.69, 9.17) is 0 Å². The highest BCUT2D eigenvalue weighted by molar-refractivity contribution is 5.98. The van der Waals surface area contributed by atoms with Crippen molar-refractivity contribution in [3.05, 3.63) is 66.4 Å². The van der Waals surface area contributed by atoms with Crippen LogP contribution in [-0.2, 0) is 0 Å². The van der Waals surface area contributed by atoms with Gasteiger partial charge in [0, 0.05) is 35.4 Å². The van der Waals surface area contributed by atoms with Crippen LogP contribution in [0.1, 0.15) is 40.1 Å². The van der Waals surface area contributed by atoms with Crippen molar-refractivity contribution in [1.82, 2.24) is 25.6 Å². The summed E-state index contributed by atoms with van der Waals surface area (Å²) in [4.78, 5) is 36.7. The predicted octanol–water partition coefficient (Wildman–Crippen LogP) is 2.11. The van der Waals surface area contributed by atoms with Gasteiger partial charge in [-0.1, -0.05) is 12.1 Å². The summed E-state index contributed by atoms with van der Waals surface area (Å²) in [6.45, 7) is 0.475. The highest BCUT2D eigenvalue weighted by Crippen LogP contribution is 2.38. The van der Waals surface area contributed by atoms with Crippen molar-refractivity contribution in [1.29, 1.82) is 0 Å². The molecule has 1 saturated carbocycles. The van der Waals surface area contributed by atoms with Crippen LogP contribution in [0.2, 0.25) is 0 Å². The molecule has 2 aromatic heterocycles. The van der Waals surface area contributed by atoms with E-state index in [1.165, 1.54) is 12.5 Å². The van der Waals surface area contributed by atoms with E-state index in [1.54, 1.807) is 18.3 Å². The second-order valence-corrected chi connectivity index (χ2v) is 6.75. The lowest BCUT2D eigenvalue weighted by atomic mass is 10.1. The summed E-state index contributed by atoms with van der Waals surface area (Å²) in [5.74, 6) is -0.345. The second kappa shape index (κ2) is 7.11. The minimum absolute atomic E-state index is 0.109. The third kappa shape index (κ3) is 3.92. The number of benzene rings is 1. The van der Waals surface area contributed by atoms with Gasteiger partial charge >= 0.3 is 0 Å². The molecule has 2 N–H and O–H groups in total. The van der Waals surface area contributed by atoms with Crippen molar-refractivity contribution in [2.75, 3.05) is 6.54 Å². The van der Waals surface area contributed by atoms with E-state index >= 15 is 0 Å². The first-order valence-electron chi connectivity index (χ1n) is 8.87. The molecule has 2 amide bonds. The fourth-order valence-corrected chi connectivity index (χ4v) is 3.04. The first-order chi connectivity index (χ1) is 13.2. The SMILES string of the molecule is O=C(NC1(CCNC(=O)c2ccncn2)CC1)c1ccc2cccnc2c1. The molecule has 1 fully saturated rings. The van der Waals surface area contributed by atoms with Gasteiger partial charge in [0.25, 0.3) is 11.8 Å². The molecule has 0 saturated heterocycles. The van der Waals surface area contributed by atoms with Crippen molar-refractivity contribution < 1.29 is 9.59 Å². The fourth-order valence-electron chi connectivity index (χ4n) is 3.04. The average molecular weight is 361 g/mol. The summed E-state index contributed by atoms with van der Waals surface area (Å²) < 4.78 is 0. The Balaban J connectivity index is 1.34. The molecular weight excluding hydrogens is 342 g/mol. The van der Waals surface area contributed by atoms with Crippen molar-refractivity contribution in [3.63, 3.8) is 0 Å². The maximum absolute atomic E-state index is 12.6. The number of rotatable bonds is 6. The van der Waals surface area contributed by atoms with Gasteiger partial charge in [-0.2, -0.15) is 0 Å². The average Bonchev–Trinajstić information content (AvgIpc) is 3.47. The van der Waals surface area contributed by atoms with Gasteiger partial charge in [0.1, 0.15) is 12.0 Å². The zero-order valence-corrected chi connectivity index (χ0v) is 14.7. The molecule has 0 spiro atoms. The molecule has 3 aromatic rings. The number of carbonyl (C=O) groups is 2. The van der Waals surface area contributed by atoms with E-state index < -0.39 is 0 Å². The number of hydrogen-bond donors (Lipinski definition) is 2. The normalized spacial score (nSPS) is 14.5. The third-order valence-corrected chi connectivity index (χ3v) is 4.80. The van der Waals surface area contributed by atoms with Gasteiger partial charge in [0.05, 0.1) is 5.52 Å². The monoisotopic (exact) mass is 361 g/mol. The van der Waals surface area contributed by atoms with Gasteiger partial charge in [-0.25, -0.2) is 9.97 Å². The molecule has 27 heavy (non-hydrogen) atoms. The Bertz CT molecular complexity index is 986. The zero-order chi connectivity index (χ0) is 18.7. The molecule has 1 aromatic carbocycles. The first-order valence-corrected chi connectivity index (χ1v) is 8.87. The lowest BCUT2D eigenvalue weighted by molar-refractivity contribution is 0.0927. The number of nitrogens with one attached hydrogen (secondary N) is 2. The lowest BCUT2D eigenvalue weighted by Gasteiger charge is -2.18. The van der Waals surface area contributed by atoms with E-state index in [0.29, 0.717) is 24.2 Å². The minimum atomic E-state index is -0.241. The molecule has 1 aliphatic rings. The molecule has 0 atom stereocenters. The molecule has 7 heteroatoms. The minimum Gasteiger partial charge on any atom is -0.351 e. The summed E-state index contributed by atoms with van der Waals surface area (Å²) in [6.07, 6.45) is 7.09. The third-order valence-electron chi connectivity index (χ3n) is 4.80. The molecule has 1 aliphatic carbocycles. The van der Waals surface area contributed by atoms with Crippen LogP contribution in [-0.4, -0.2) is 38.8 Å². The van der Waals surface area contributed by atoms with Gasteiger partial charge in [-0.15, -0.1) is 0 Å². The predicted molar refractivity (Wildman–Crippen MR) is 100 cm³/mol. The fraction of sp³-hybridized carbons (Fsp3) is 0.250. The molecule has 4 rings (SSSR count). The van der Waals surface area contributed by atoms with Crippen LogP contribution in [0.3, 0.4) is 0 Å². The van der Waals surface area contributed by atoms with E-state index in [1.807, 2.05) is 24.3 Å². The van der Waals surface area contributed by atoms with E-state index in [0.717, 1.165) is 23.7 Å². The van der Waals surface area contributed by atoms with Crippen LogP contribution < -0.4 is 10.6 Å². The van der Waals surface area contributed by atoms with Crippen LogP contribution in [0.25, 0.3) is 10.9 Å². The molecule has 136 valence electrons. The summed E-state index contributed by atoms with van der Waals surface area (Å²) in [7, 11) is 0. The van der Waals surface area contributed by atoms with E-state index in [9.17, 15) is 9.59 Å². The Morgan fingerprint density at radius 1 is 1.04 bits per heavy atom. The zero-order valence-electron chi connectivity index (χ0n) is 14.7. The smallest absolute Gasteiger partial charge is 0.270 e. The first kappa shape index (κ1) is 17.1. The molecule has 0 radical (unpaired) electrons. The van der Waals surface area contributed by atoms with E-state index in [-0.39, 0.29) is 17.4 Å². The van der Waals surface area contributed by atoms with Crippen molar-refractivity contribution in [3.8, 4) is 0 Å². The van der Waals surface area contributed by atoms with Gasteiger partial charge < -0.3 is 10.6 Å². The molecule has 0 aliphatic heterocycles. The van der Waals surface area contributed by atoms with E-state index in [2.05, 4.69) is 25.6 Å². The Morgan fingerprint density at radius 2 is 1.93 bits per heavy atom. The van der Waals surface area contributed by atoms with Crippen LogP contribution in [0.4, 0.5) is 0 Å². The topological polar surface area (TPSA) is 96.9 Å². The van der Waals surface area contributed by atoms with Gasteiger partial charge in [0.15, 0.2) is 0 Å². The number of pyridine rings is 1. The Labute approximate surface area is 156 Å². The van der Waals surface area contributed by atoms with Crippen LogP contribution in [0.5, 0.6) is 0 Å². The molecule has 7 nitrogen and oxygen atoms in total. The maximum atomic E-state index is 12.6. The van der Waals surface area contributed by atoms with Gasteiger partial charge in [-0.3, -0.25) is 14.6 Å². The summed E-state index contributed by atoms with van der Waals surface area (Å²) >= 11 is 0. The summed E-state index contributed by atoms with van der Waals surface area (Å²) in [5, 5.41) is 6.96. The molecular formula is C20H19N5O2. The molecule has 0 unspecified atom stereocenters. The summed E-state index contributed by atoms with van der Waals surface area (Å²) in [5.41, 5.74) is 1.49. The number of fused-ring (bicyclic) bond motifs is 1. The lowest BCUT2D eigenvalue weighted by Crippen LogP contribution is -2.40. The highest BCUT2D eigenvalue weighted by atomic mass is 16.2. The standard InChI is InChI=1S/C20H19N5O2/c26-18(15-4-3-14-2-1-9-22-17(14)12-15)25-20(6-7-20)8-11-23-19(27)16-5-10-21-13-24-16/h1-5,9-10,12-13H,6-8,11H2,(H,23,27)(H,25,26). The Kier molecular flexibility index (Phi) is 4.50. The summed E-state index contributed by atoms with van der Waals surface area (Å²) in [6, 6.07) is 10.9. The number of nitrogens with zero attached hydrogens (tertiary/aromatic N) is 3. The number of aromatic nitrogens is 3. The number of hydrogen-bond acceptors (Lipinski definition) is 5. The van der Waals surface area contributed by atoms with Crippen molar-refractivity contribution >= 4 is 22.7 Å².